The van der Waals surface area contributed by atoms with E-state index in [0.717, 1.165) is 26.1 Å². The maximum atomic E-state index is 6.15. The molecule has 0 amide bonds. The van der Waals surface area contributed by atoms with E-state index in [-0.39, 0.29) is 5.60 Å². The Morgan fingerprint density at radius 1 is 1.11 bits per heavy atom. The molecule has 3 rings (SSSR count). The molecule has 1 N–H and O–H groups in total. The molecule has 1 aliphatic carbocycles. The molecule has 3 nitrogen and oxygen atoms in total. The van der Waals surface area contributed by atoms with Gasteiger partial charge in [0, 0.05) is 25.7 Å². The van der Waals surface area contributed by atoms with Gasteiger partial charge in [0.2, 0.25) is 0 Å². The summed E-state index contributed by atoms with van der Waals surface area (Å²) in [6.07, 6.45) is 13.2. The van der Waals surface area contributed by atoms with Crippen LogP contribution in [0.4, 0.5) is 0 Å². The molecule has 2 heterocycles. The highest BCUT2D eigenvalue weighted by atomic mass is 16.5. The SMILES string of the molecule is C1CCC(CCOC2CCOC3(CCCC3)C2)NC1. The highest BCUT2D eigenvalue weighted by molar-refractivity contribution is 4.91. The fraction of sp³-hybridized carbons (Fsp3) is 1.00. The minimum atomic E-state index is 0.200. The molecule has 110 valence electrons. The van der Waals surface area contributed by atoms with Crippen LogP contribution in [0.25, 0.3) is 0 Å². The molecule has 3 fully saturated rings. The van der Waals surface area contributed by atoms with Crippen molar-refractivity contribution in [3.8, 4) is 0 Å². The van der Waals surface area contributed by atoms with Crippen molar-refractivity contribution in [1.82, 2.24) is 5.32 Å². The molecule has 19 heavy (non-hydrogen) atoms. The van der Waals surface area contributed by atoms with E-state index in [0.29, 0.717) is 12.1 Å². The van der Waals surface area contributed by atoms with Crippen LogP contribution in [0.1, 0.15) is 64.2 Å². The van der Waals surface area contributed by atoms with Gasteiger partial charge in [0.1, 0.15) is 0 Å². The molecular weight excluding hydrogens is 238 g/mol. The van der Waals surface area contributed by atoms with Gasteiger partial charge < -0.3 is 14.8 Å². The van der Waals surface area contributed by atoms with Gasteiger partial charge in [0.25, 0.3) is 0 Å². The van der Waals surface area contributed by atoms with E-state index in [1.807, 2.05) is 0 Å². The first-order valence-corrected chi connectivity index (χ1v) is 8.35. The second-order valence-electron chi connectivity index (χ2n) is 6.66. The van der Waals surface area contributed by atoms with E-state index in [4.69, 9.17) is 9.47 Å². The minimum absolute atomic E-state index is 0.200. The van der Waals surface area contributed by atoms with Crippen LogP contribution in [-0.4, -0.2) is 37.5 Å². The topological polar surface area (TPSA) is 30.5 Å². The van der Waals surface area contributed by atoms with Gasteiger partial charge in [-0.15, -0.1) is 0 Å². The molecule has 3 aliphatic rings. The molecule has 1 spiro atoms. The third-order valence-corrected chi connectivity index (χ3v) is 5.19. The van der Waals surface area contributed by atoms with E-state index < -0.39 is 0 Å². The first-order valence-electron chi connectivity index (χ1n) is 8.35. The largest absolute Gasteiger partial charge is 0.378 e. The molecule has 2 atom stereocenters. The zero-order valence-corrected chi connectivity index (χ0v) is 12.2. The van der Waals surface area contributed by atoms with Crippen molar-refractivity contribution in [2.45, 2.75) is 82.0 Å². The summed E-state index contributed by atoms with van der Waals surface area (Å²) in [4.78, 5) is 0. The second kappa shape index (κ2) is 6.55. The van der Waals surface area contributed by atoms with E-state index >= 15 is 0 Å². The fourth-order valence-corrected chi connectivity index (χ4v) is 4.04. The molecule has 3 heteroatoms. The summed E-state index contributed by atoms with van der Waals surface area (Å²) in [5.41, 5.74) is 0.200. The third-order valence-electron chi connectivity index (χ3n) is 5.19. The summed E-state index contributed by atoms with van der Waals surface area (Å²) in [7, 11) is 0. The molecule has 0 bridgehead atoms. The Hall–Kier alpha value is -0.120. The van der Waals surface area contributed by atoms with Crippen LogP contribution >= 0.6 is 0 Å². The van der Waals surface area contributed by atoms with Gasteiger partial charge in [-0.05, 0) is 45.1 Å². The maximum absolute atomic E-state index is 6.15. The summed E-state index contributed by atoms with van der Waals surface area (Å²) in [5.74, 6) is 0. The summed E-state index contributed by atoms with van der Waals surface area (Å²) in [6, 6.07) is 0.703. The standard InChI is InChI=1S/C16H29NO2/c1-4-10-17-14(5-1)6-11-18-15-7-12-19-16(13-15)8-2-3-9-16/h14-15,17H,1-13H2. The van der Waals surface area contributed by atoms with E-state index in [1.165, 1.54) is 57.9 Å². The van der Waals surface area contributed by atoms with Crippen molar-refractivity contribution in [2.24, 2.45) is 0 Å². The molecule has 2 unspecified atom stereocenters. The average Bonchev–Trinajstić information content (AvgIpc) is 2.88. The van der Waals surface area contributed by atoms with Crippen molar-refractivity contribution in [3.63, 3.8) is 0 Å². The van der Waals surface area contributed by atoms with Gasteiger partial charge in [0.15, 0.2) is 0 Å². The highest BCUT2D eigenvalue weighted by Gasteiger charge is 2.40. The Morgan fingerprint density at radius 2 is 2.00 bits per heavy atom. The van der Waals surface area contributed by atoms with Crippen LogP contribution in [-0.2, 0) is 9.47 Å². The van der Waals surface area contributed by atoms with Crippen LogP contribution in [0.2, 0.25) is 0 Å². The van der Waals surface area contributed by atoms with Crippen molar-refractivity contribution in [1.29, 1.82) is 0 Å². The first-order chi connectivity index (χ1) is 9.36. The predicted octanol–water partition coefficient (Wildman–Crippen LogP) is 3.03. The van der Waals surface area contributed by atoms with Crippen molar-refractivity contribution < 1.29 is 9.47 Å². The maximum Gasteiger partial charge on any atom is 0.0707 e. The Labute approximate surface area is 117 Å². The Bertz CT molecular complexity index is 270. The van der Waals surface area contributed by atoms with Crippen LogP contribution in [0.5, 0.6) is 0 Å². The smallest absolute Gasteiger partial charge is 0.0707 e. The molecule has 1 saturated carbocycles. The van der Waals surface area contributed by atoms with Crippen LogP contribution in [0.15, 0.2) is 0 Å². The summed E-state index contributed by atoms with van der Waals surface area (Å²) in [6.45, 7) is 3.04. The van der Waals surface area contributed by atoms with Gasteiger partial charge in [-0.1, -0.05) is 19.3 Å². The number of piperidine rings is 1. The zero-order chi connectivity index (χ0) is 13.0. The Morgan fingerprint density at radius 3 is 2.79 bits per heavy atom. The second-order valence-corrected chi connectivity index (χ2v) is 6.66. The third kappa shape index (κ3) is 3.71. The summed E-state index contributed by atoms with van der Waals surface area (Å²) < 4.78 is 12.2. The number of hydrogen-bond donors (Lipinski definition) is 1. The molecular formula is C16H29NO2. The Kier molecular flexibility index (Phi) is 4.78. The summed E-state index contributed by atoms with van der Waals surface area (Å²) in [5, 5.41) is 3.60. The molecule has 0 aromatic heterocycles. The number of rotatable bonds is 4. The number of nitrogens with one attached hydrogen (secondary N) is 1. The molecule has 0 aromatic rings. The van der Waals surface area contributed by atoms with Crippen LogP contribution in [0, 0.1) is 0 Å². The molecule has 0 radical (unpaired) electrons. The Balaban J connectivity index is 1.37. The monoisotopic (exact) mass is 267 g/mol. The van der Waals surface area contributed by atoms with Crippen molar-refractivity contribution in [2.75, 3.05) is 19.8 Å². The van der Waals surface area contributed by atoms with Crippen molar-refractivity contribution in [3.05, 3.63) is 0 Å². The highest BCUT2D eigenvalue weighted by Crippen LogP contribution is 2.40. The van der Waals surface area contributed by atoms with E-state index in [9.17, 15) is 0 Å². The van der Waals surface area contributed by atoms with Gasteiger partial charge in [-0.3, -0.25) is 0 Å². The average molecular weight is 267 g/mol. The lowest BCUT2D eigenvalue weighted by atomic mass is 9.90. The first kappa shape index (κ1) is 13.8. The molecule has 0 aromatic carbocycles. The lowest BCUT2D eigenvalue weighted by Crippen LogP contribution is -2.41. The normalized spacial score (nSPS) is 34.7. The van der Waals surface area contributed by atoms with E-state index in [1.54, 1.807) is 0 Å². The molecule has 2 aliphatic heterocycles. The van der Waals surface area contributed by atoms with Gasteiger partial charge in [-0.25, -0.2) is 0 Å². The van der Waals surface area contributed by atoms with Crippen molar-refractivity contribution >= 4 is 0 Å². The van der Waals surface area contributed by atoms with Gasteiger partial charge in [-0.2, -0.15) is 0 Å². The molecule has 2 saturated heterocycles. The lowest BCUT2D eigenvalue weighted by Gasteiger charge is -2.38. The fourth-order valence-electron chi connectivity index (χ4n) is 4.04. The number of hydrogen-bond acceptors (Lipinski definition) is 3. The zero-order valence-electron chi connectivity index (χ0n) is 12.2. The van der Waals surface area contributed by atoms with Crippen LogP contribution < -0.4 is 5.32 Å². The quantitative estimate of drug-likeness (QED) is 0.849. The van der Waals surface area contributed by atoms with Gasteiger partial charge >= 0.3 is 0 Å². The van der Waals surface area contributed by atoms with Gasteiger partial charge in [0.05, 0.1) is 11.7 Å². The predicted molar refractivity (Wildman–Crippen MR) is 76.4 cm³/mol. The lowest BCUT2D eigenvalue weighted by molar-refractivity contribution is -0.131. The number of ether oxygens (including phenoxy) is 2. The summed E-state index contributed by atoms with van der Waals surface area (Å²) >= 11 is 0. The van der Waals surface area contributed by atoms with Crippen LogP contribution in [0.3, 0.4) is 0 Å². The minimum Gasteiger partial charge on any atom is -0.378 e. The van der Waals surface area contributed by atoms with E-state index in [2.05, 4.69) is 5.32 Å².